The van der Waals surface area contributed by atoms with Crippen molar-refractivity contribution in [3.63, 3.8) is 0 Å². The van der Waals surface area contributed by atoms with Crippen LogP contribution in [0, 0.1) is 6.92 Å². The molecule has 1 amide bonds. The summed E-state index contributed by atoms with van der Waals surface area (Å²) in [6.45, 7) is 2.69. The number of aromatic nitrogens is 3. The molecule has 0 bridgehead atoms. The van der Waals surface area contributed by atoms with Crippen molar-refractivity contribution in [1.82, 2.24) is 20.1 Å². The molecule has 0 aliphatic carbocycles. The highest BCUT2D eigenvalue weighted by molar-refractivity contribution is 5.93. The number of carbonyl (C=O) groups excluding carboxylic acids is 1. The van der Waals surface area contributed by atoms with Gasteiger partial charge in [0.1, 0.15) is 23.6 Å². The van der Waals surface area contributed by atoms with Gasteiger partial charge in [0.05, 0.1) is 12.2 Å². The minimum Gasteiger partial charge on any atom is -0.489 e. The van der Waals surface area contributed by atoms with Gasteiger partial charge in [0.2, 0.25) is 0 Å². The van der Waals surface area contributed by atoms with Crippen LogP contribution in [-0.4, -0.2) is 33.8 Å². The van der Waals surface area contributed by atoms with Gasteiger partial charge in [-0.25, -0.2) is 4.98 Å². The maximum atomic E-state index is 12.5. The van der Waals surface area contributed by atoms with Gasteiger partial charge in [-0.05, 0) is 25.1 Å². The minimum atomic E-state index is -0.183. The molecule has 2 aromatic carbocycles. The molecule has 2 aromatic heterocycles. The summed E-state index contributed by atoms with van der Waals surface area (Å²) in [6, 6.07) is 21.4. The maximum Gasteiger partial charge on any atom is 0.269 e. The first kappa shape index (κ1) is 18.7. The van der Waals surface area contributed by atoms with E-state index in [2.05, 4.69) is 15.4 Å². The van der Waals surface area contributed by atoms with Crippen LogP contribution in [-0.2, 0) is 7.05 Å². The number of ether oxygens (including phenoxy) is 1. The molecule has 0 saturated heterocycles. The number of para-hydroxylation sites is 1. The number of benzene rings is 2. The summed E-state index contributed by atoms with van der Waals surface area (Å²) in [5.41, 5.74) is 4.02. The Kier molecular flexibility index (Phi) is 5.24. The van der Waals surface area contributed by atoms with E-state index < -0.39 is 0 Å². The lowest BCUT2D eigenvalue weighted by Gasteiger charge is -2.10. The first-order valence-corrected chi connectivity index (χ1v) is 9.48. The molecule has 29 heavy (non-hydrogen) atoms. The molecule has 6 nitrogen and oxygen atoms in total. The molecule has 2 heterocycles. The topological polar surface area (TPSA) is 69.0 Å². The Labute approximate surface area is 169 Å². The normalized spacial score (nSPS) is 10.8. The molecular weight excluding hydrogens is 364 g/mol. The maximum absolute atomic E-state index is 12.5. The van der Waals surface area contributed by atoms with Crippen LogP contribution in [0.2, 0.25) is 0 Å². The van der Waals surface area contributed by atoms with E-state index in [0.717, 1.165) is 27.9 Å². The summed E-state index contributed by atoms with van der Waals surface area (Å²) in [4.78, 5) is 17.1. The summed E-state index contributed by atoms with van der Waals surface area (Å²) in [5, 5.41) is 8.35. The van der Waals surface area contributed by atoms with E-state index in [1.54, 1.807) is 17.8 Å². The molecule has 0 aliphatic heterocycles. The van der Waals surface area contributed by atoms with Crippen molar-refractivity contribution >= 4 is 16.8 Å². The van der Waals surface area contributed by atoms with Gasteiger partial charge >= 0.3 is 0 Å². The molecule has 4 aromatic rings. The third-order valence-corrected chi connectivity index (χ3v) is 4.65. The van der Waals surface area contributed by atoms with Crippen molar-refractivity contribution in [3.05, 3.63) is 78.1 Å². The van der Waals surface area contributed by atoms with E-state index in [0.29, 0.717) is 24.6 Å². The van der Waals surface area contributed by atoms with Gasteiger partial charge in [0.15, 0.2) is 0 Å². The number of hydrogen-bond donors (Lipinski definition) is 1. The van der Waals surface area contributed by atoms with Crippen LogP contribution < -0.4 is 10.1 Å². The van der Waals surface area contributed by atoms with E-state index in [-0.39, 0.29) is 5.91 Å². The van der Waals surface area contributed by atoms with Crippen molar-refractivity contribution in [1.29, 1.82) is 0 Å². The molecule has 1 N–H and O–H groups in total. The lowest BCUT2D eigenvalue weighted by atomic mass is 10.1. The zero-order valence-corrected chi connectivity index (χ0v) is 16.4. The van der Waals surface area contributed by atoms with Crippen LogP contribution in [0.5, 0.6) is 5.75 Å². The molecule has 4 rings (SSSR count). The molecular formula is C23H22N4O2. The summed E-state index contributed by atoms with van der Waals surface area (Å²) < 4.78 is 7.46. The smallest absolute Gasteiger partial charge is 0.269 e. The highest BCUT2D eigenvalue weighted by atomic mass is 16.5. The van der Waals surface area contributed by atoms with Crippen LogP contribution in [0.25, 0.3) is 22.2 Å². The fourth-order valence-electron chi connectivity index (χ4n) is 3.18. The molecule has 0 fully saturated rings. The van der Waals surface area contributed by atoms with Gasteiger partial charge in [-0.1, -0.05) is 48.5 Å². The Hall–Kier alpha value is -3.67. The highest BCUT2D eigenvalue weighted by Gasteiger charge is 2.14. The SMILES string of the molecule is Cc1ccc2cccc(OCCNC(=O)c3cc(-c4ccccc4)nn3C)c2n1. The van der Waals surface area contributed by atoms with Crippen molar-refractivity contribution in [2.24, 2.45) is 7.05 Å². The van der Waals surface area contributed by atoms with Gasteiger partial charge in [0.25, 0.3) is 5.91 Å². The molecule has 0 spiro atoms. The Morgan fingerprint density at radius 1 is 1.07 bits per heavy atom. The van der Waals surface area contributed by atoms with Gasteiger partial charge < -0.3 is 10.1 Å². The van der Waals surface area contributed by atoms with E-state index in [4.69, 9.17) is 4.74 Å². The highest BCUT2D eigenvalue weighted by Crippen LogP contribution is 2.23. The number of amides is 1. The first-order valence-electron chi connectivity index (χ1n) is 9.48. The Morgan fingerprint density at radius 3 is 2.72 bits per heavy atom. The summed E-state index contributed by atoms with van der Waals surface area (Å²) in [5.74, 6) is 0.532. The lowest BCUT2D eigenvalue weighted by molar-refractivity contribution is 0.0937. The second-order valence-corrected chi connectivity index (χ2v) is 6.79. The first-order chi connectivity index (χ1) is 14.1. The second kappa shape index (κ2) is 8.14. The molecule has 0 radical (unpaired) electrons. The number of aryl methyl sites for hydroxylation is 2. The molecule has 0 aliphatic rings. The summed E-state index contributed by atoms with van der Waals surface area (Å²) in [7, 11) is 1.77. The predicted octanol–water partition coefficient (Wildman–Crippen LogP) is 3.75. The van der Waals surface area contributed by atoms with Crippen molar-refractivity contribution < 1.29 is 9.53 Å². The van der Waals surface area contributed by atoms with E-state index in [1.165, 1.54) is 0 Å². The monoisotopic (exact) mass is 386 g/mol. The van der Waals surface area contributed by atoms with Crippen LogP contribution in [0.3, 0.4) is 0 Å². The largest absolute Gasteiger partial charge is 0.489 e. The van der Waals surface area contributed by atoms with Gasteiger partial charge in [-0.2, -0.15) is 5.10 Å². The number of nitrogens with zero attached hydrogens (tertiary/aromatic N) is 3. The van der Waals surface area contributed by atoms with Gasteiger partial charge in [0, 0.05) is 23.7 Å². The lowest BCUT2D eigenvalue weighted by Crippen LogP contribution is -2.29. The van der Waals surface area contributed by atoms with E-state index >= 15 is 0 Å². The van der Waals surface area contributed by atoms with Crippen LogP contribution in [0.15, 0.2) is 66.7 Å². The minimum absolute atomic E-state index is 0.183. The Balaban J connectivity index is 1.38. The average Bonchev–Trinajstić information content (AvgIpc) is 3.13. The molecule has 0 atom stereocenters. The molecule has 0 saturated carbocycles. The number of rotatable bonds is 6. The van der Waals surface area contributed by atoms with Crippen molar-refractivity contribution in [2.75, 3.05) is 13.2 Å². The number of carbonyl (C=O) groups is 1. The quantitative estimate of drug-likeness (QED) is 0.513. The Morgan fingerprint density at radius 2 is 1.90 bits per heavy atom. The number of fused-ring (bicyclic) bond motifs is 1. The Bertz CT molecular complexity index is 1150. The molecule has 0 unspecified atom stereocenters. The fraction of sp³-hybridized carbons (Fsp3) is 0.174. The zero-order valence-electron chi connectivity index (χ0n) is 16.4. The van der Waals surface area contributed by atoms with Crippen molar-refractivity contribution in [3.8, 4) is 17.0 Å². The average molecular weight is 386 g/mol. The fourth-order valence-corrected chi connectivity index (χ4v) is 3.18. The second-order valence-electron chi connectivity index (χ2n) is 6.79. The number of nitrogens with one attached hydrogen (secondary N) is 1. The zero-order chi connectivity index (χ0) is 20.2. The third kappa shape index (κ3) is 4.11. The van der Waals surface area contributed by atoms with Crippen molar-refractivity contribution in [2.45, 2.75) is 6.92 Å². The summed E-state index contributed by atoms with van der Waals surface area (Å²) >= 11 is 0. The van der Waals surface area contributed by atoms with Gasteiger partial charge in [-0.3, -0.25) is 9.48 Å². The number of hydrogen-bond acceptors (Lipinski definition) is 4. The number of pyridine rings is 1. The van der Waals surface area contributed by atoms with Crippen LogP contribution in [0.4, 0.5) is 0 Å². The molecule has 6 heteroatoms. The van der Waals surface area contributed by atoms with E-state index in [9.17, 15) is 4.79 Å². The van der Waals surface area contributed by atoms with Gasteiger partial charge in [-0.15, -0.1) is 0 Å². The predicted molar refractivity (Wildman–Crippen MR) is 113 cm³/mol. The van der Waals surface area contributed by atoms with E-state index in [1.807, 2.05) is 67.6 Å². The van der Waals surface area contributed by atoms with Crippen LogP contribution >= 0.6 is 0 Å². The van der Waals surface area contributed by atoms with Crippen LogP contribution in [0.1, 0.15) is 16.2 Å². The molecule has 146 valence electrons. The standard InChI is InChI=1S/C23H22N4O2/c1-16-11-12-18-9-6-10-21(22(18)25-16)29-14-13-24-23(28)20-15-19(26-27(20)2)17-7-4-3-5-8-17/h3-12,15H,13-14H2,1-2H3,(H,24,28). The third-order valence-electron chi connectivity index (χ3n) is 4.65. The summed E-state index contributed by atoms with van der Waals surface area (Å²) in [6.07, 6.45) is 0.